The summed E-state index contributed by atoms with van der Waals surface area (Å²) in [5.74, 6) is 1.02. The van der Waals surface area contributed by atoms with Crippen LogP contribution in [-0.4, -0.2) is 14.1 Å². The van der Waals surface area contributed by atoms with Gasteiger partial charge < -0.3 is 9.64 Å². The van der Waals surface area contributed by atoms with Crippen molar-refractivity contribution in [3.63, 3.8) is 0 Å². The SMILES string of the molecule is Cc1cc(C(C)(C)C)cc(Pc2ccccc2N(C)C)c1OCc1ccccc1. The van der Waals surface area contributed by atoms with Crippen LogP contribution in [0.25, 0.3) is 0 Å². The molecule has 3 aromatic rings. The molecule has 0 bridgehead atoms. The van der Waals surface area contributed by atoms with E-state index in [-0.39, 0.29) is 5.41 Å². The van der Waals surface area contributed by atoms with Crippen LogP contribution in [0, 0.1) is 6.92 Å². The molecule has 0 aliphatic rings. The molecule has 0 aliphatic heterocycles. The van der Waals surface area contributed by atoms with Crippen molar-refractivity contribution < 1.29 is 4.74 Å². The zero-order valence-corrected chi connectivity index (χ0v) is 19.4. The molecular formula is C26H32NOP. The van der Waals surface area contributed by atoms with E-state index in [0.29, 0.717) is 15.2 Å². The van der Waals surface area contributed by atoms with Crippen molar-refractivity contribution in [1.29, 1.82) is 0 Å². The number of para-hydroxylation sites is 1. The Kier molecular flexibility index (Phi) is 6.65. The van der Waals surface area contributed by atoms with Crippen molar-refractivity contribution in [2.75, 3.05) is 19.0 Å². The predicted octanol–water partition coefficient (Wildman–Crippen LogP) is 5.57. The van der Waals surface area contributed by atoms with Gasteiger partial charge in [0.25, 0.3) is 0 Å². The molecule has 0 heterocycles. The lowest BCUT2D eigenvalue weighted by Crippen LogP contribution is -2.20. The molecule has 0 N–H and O–H groups in total. The van der Waals surface area contributed by atoms with E-state index in [0.717, 1.165) is 5.75 Å². The van der Waals surface area contributed by atoms with Gasteiger partial charge in [0.2, 0.25) is 0 Å². The first-order valence-electron chi connectivity index (χ1n) is 10.1. The molecule has 3 heteroatoms. The molecule has 29 heavy (non-hydrogen) atoms. The number of hydrogen-bond donors (Lipinski definition) is 0. The molecule has 0 saturated carbocycles. The van der Waals surface area contributed by atoms with Crippen molar-refractivity contribution in [1.82, 2.24) is 0 Å². The van der Waals surface area contributed by atoms with E-state index in [9.17, 15) is 0 Å². The van der Waals surface area contributed by atoms with E-state index < -0.39 is 0 Å². The zero-order chi connectivity index (χ0) is 21.0. The molecule has 0 aliphatic carbocycles. The maximum atomic E-state index is 6.39. The lowest BCUT2D eigenvalue weighted by atomic mass is 9.86. The third-order valence-electron chi connectivity index (χ3n) is 5.02. The van der Waals surface area contributed by atoms with E-state index in [4.69, 9.17) is 4.74 Å². The van der Waals surface area contributed by atoms with E-state index in [1.165, 1.54) is 33.0 Å². The Morgan fingerprint density at radius 2 is 1.52 bits per heavy atom. The maximum absolute atomic E-state index is 6.39. The van der Waals surface area contributed by atoms with Gasteiger partial charge in [-0.05, 0) is 41.2 Å². The van der Waals surface area contributed by atoms with Crippen LogP contribution in [-0.2, 0) is 12.0 Å². The van der Waals surface area contributed by atoms with Gasteiger partial charge in [0.1, 0.15) is 12.4 Å². The van der Waals surface area contributed by atoms with Crippen LogP contribution in [0.1, 0.15) is 37.5 Å². The topological polar surface area (TPSA) is 12.5 Å². The first-order chi connectivity index (χ1) is 13.8. The molecule has 0 amide bonds. The summed E-state index contributed by atoms with van der Waals surface area (Å²) >= 11 is 0. The summed E-state index contributed by atoms with van der Waals surface area (Å²) in [6.45, 7) is 9.57. The minimum atomic E-state index is 0.100. The minimum Gasteiger partial charge on any atom is -0.488 e. The van der Waals surface area contributed by atoms with E-state index in [1.54, 1.807) is 0 Å². The molecule has 3 rings (SSSR count). The Balaban J connectivity index is 2.01. The second-order valence-corrected chi connectivity index (χ2v) is 10.1. The van der Waals surface area contributed by atoms with Crippen LogP contribution >= 0.6 is 8.58 Å². The average molecular weight is 406 g/mol. The number of aryl methyl sites for hydroxylation is 1. The minimum absolute atomic E-state index is 0.100. The normalized spacial score (nSPS) is 11.8. The Labute approximate surface area is 177 Å². The average Bonchev–Trinajstić information content (AvgIpc) is 2.67. The highest BCUT2D eigenvalue weighted by Crippen LogP contribution is 2.32. The van der Waals surface area contributed by atoms with Gasteiger partial charge in [-0.1, -0.05) is 83.9 Å². The molecule has 2 nitrogen and oxygen atoms in total. The Morgan fingerprint density at radius 1 is 0.862 bits per heavy atom. The van der Waals surface area contributed by atoms with Crippen molar-refractivity contribution >= 4 is 24.9 Å². The fourth-order valence-electron chi connectivity index (χ4n) is 3.34. The summed E-state index contributed by atoms with van der Waals surface area (Å²) in [4.78, 5) is 2.19. The number of hydrogen-bond acceptors (Lipinski definition) is 2. The Hall–Kier alpha value is -2.31. The molecule has 1 unspecified atom stereocenters. The molecule has 3 aromatic carbocycles. The molecule has 0 saturated heterocycles. The highest BCUT2D eigenvalue weighted by Gasteiger charge is 2.19. The van der Waals surface area contributed by atoms with Crippen LogP contribution in [0.2, 0.25) is 0 Å². The van der Waals surface area contributed by atoms with Gasteiger partial charge in [-0.3, -0.25) is 0 Å². The van der Waals surface area contributed by atoms with Crippen LogP contribution < -0.4 is 20.2 Å². The summed E-state index contributed by atoms with van der Waals surface area (Å²) in [5, 5.41) is 2.62. The second kappa shape index (κ2) is 9.01. The maximum Gasteiger partial charge on any atom is 0.130 e. The quantitative estimate of drug-likeness (QED) is 0.497. The van der Waals surface area contributed by atoms with E-state index in [2.05, 4.69) is 107 Å². The number of rotatable bonds is 6. The lowest BCUT2D eigenvalue weighted by molar-refractivity contribution is 0.306. The molecule has 0 aromatic heterocycles. The van der Waals surface area contributed by atoms with Gasteiger partial charge in [0.15, 0.2) is 0 Å². The van der Waals surface area contributed by atoms with Crippen LogP contribution in [0.5, 0.6) is 5.75 Å². The fourth-order valence-corrected chi connectivity index (χ4v) is 4.85. The molecule has 1 atom stereocenters. The lowest BCUT2D eigenvalue weighted by Gasteiger charge is -2.24. The van der Waals surface area contributed by atoms with E-state index >= 15 is 0 Å². The Morgan fingerprint density at radius 3 is 2.17 bits per heavy atom. The number of nitrogens with zero attached hydrogens (tertiary/aromatic N) is 1. The van der Waals surface area contributed by atoms with Crippen LogP contribution in [0.4, 0.5) is 5.69 Å². The van der Waals surface area contributed by atoms with E-state index in [1.807, 2.05) is 6.07 Å². The molecular weight excluding hydrogens is 373 g/mol. The standard InChI is InChI=1S/C26H32NOP/c1-19-16-21(26(2,3)4)17-24(25(19)28-18-20-12-8-7-9-13-20)29-23-15-11-10-14-22(23)27(5)6/h7-17,29H,18H2,1-6H3. The Bertz CT molecular complexity index is 958. The van der Waals surface area contributed by atoms with Gasteiger partial charge in [0.05, 0.1) is 0 Å². The predicted molar refractivity (Wildman–Crippen MR) is 129 cm³/mol. The summed E-state index contributed by atoms with van der Waals surface area (Å²) in [6, 6.07) is 23.7. The van der Waals surface area contributed by atoms with Crippen LogP contribution in [0.15, 0.2) is 66.7 Å². The van der Waals surface area contributed by atoms with Crippen molar-refractivity contribution in [2.45, 2.75) is 39.7 Å². The van der Waals surface area contributed by atoms with Crippen LogP contribution in [0.3, 0.4) is 0 Å². The van der Waals surface area contributed by atoms with Gasteiger partial charge in [-0.25, -0.2) is 0 Å². The monoisotopic (exact) mass is 405 g/mol. The zero-order valence-electron chi connectivity index (χ0n) is 18.4. The van der Waals surface area contributed by atoms with Gasteiger partial charge in [0, 0.05) is 30.4 Å². The molecule has 152 valence electrons. The molecule has 0 radical (unpaired) electrons. The van der Waals surface area contributed by atoms with Crippen molar-refractivity contribution in [3.05, 3.63) is 83.4 Å². The summed E-state index contributed by atoms with van der Waals surface area (Å²) < 4.78 is 6.39. The van der Waals surface area contributed by atoms with Gasteiger partial charge in [-0.15, -0.1) is 0 Å². The van der Waals surface area contributed by atoms with Crippen molar-refractivity contribution in [2.24, 2.45) is 0 Å². The van der Waals surface area contributed by atoms with Gasteiger partial charge >= 0.3 is 0 Å². The highest BCUT2D eigenvalue weighted by atomic mass is 31.1. The molecule has 0 fully saturated rings. The first kappa shape index (κ1) is 21.4. The largest absolute Gasteiger partial charge is 0.488 e. The first-order valence-corrected chi connectivity index (χ1v) is 11.1. The summed E-state index contributed by atoms with van der Waals surface area (Å²) in [6.07, 6.45) is 0. The second-order valence-electron chi connectivity index (χ2n) is 8.73. The smallest absolute Gasteiger partial charge is 0.130 e. The number of ether oxygens (including phenoxy) is 1. The summed E-state index contributed by atoms with van der Waals surface area (Å²) in [7, 11) is 4.75. The number of anilines is 1. The summed E-state index contributed by atoms with van der Waals surface area (Å²) in [5.41, 5.74) is 5.11. The fraction of sp³-hybridized carbons (Fsp3) is 0.308. The van der Waals surface area contributed by atoms with Gasteiger partial charge in [-0.2, -0.15) is 0 Å². The molecule has 0 spiro atoms. The third-order valence-corrected chi connectivity index (χ3v) is 6.35. The third kappa shape index (κ3) is 5.40. The highest BCUT2D eigenvalue weighted by molar-refractivity contribution is 7.56. The number of benzene rings is 3. The van der Waals surface area contributed by atoms with Crippen molar-refractivity contribution in [3.8, 4) is 5.75 Å².